The Kier molecular flexibility index (Phi) is 6.21. The molecule has 2 atom stereocenters. The summed E-state index contributed by atoms with van der Waals surface area (Å²) in [5.74, 6) is 0.922. The number of benzene rings is 2. The zero-order chi connectivity index (χ0) is 17.7. The van der Waals surface area contributed by atoms with Gasteiger partial charge in [0.05, 0.1) is 0 Å². The highest BCUT2D eigenvalue weighted by Crippen LogP contribution is 2.38. The minimum Gasteiger partial charge on any atom is -0.294 e. The first-order chi connectivity index (χ1) is 11.5. The molecule has 1 nitrogen and oxygen atoms in total. The molecule has 2 rings (SSSR count). The highest BCUT2D eigenvalue weighted by Gasteiger charge is 2.35. The maximum Gasteiger partial charge on any atom is 0.169 e. The Balaban J connectivity index is 2.52. The van der Waals surface area contributed by atoms with E-state index in [0.717, 1.165) is 35.6 Å². The van der Waals surface area contributed by atoms with E-state index in [1.54, 1.807) is 0 Å². The minimum atomic E-state index is -0.275. The van der Waals surface area contributed by atoms with Crippen molar-refractivity contribution in [3.05, 3.63) is 47.5 Å². The summed E-state index contributed by atoms with van der Waals surface area (Å²) in [6.45, 7) is 11.0. The van der Waals surface area contributed by atoms with Crippen LogP contribution in [0.25, 0.3) is 10.8 Å². The van der Waals surface area contributed by atoms with Crippen LogP contribution in [0, 0.1) is 11.3 Å². The molecular formula is C23H32O. The first kappa shape index (κ1) is 18.7. The first-order valence-corrected chi connectivity index (χ1v) is 9.52. The lowest BCUT2D eigenvalue weighted by atomic mass is 9.71. The summed E-state index contributed by atoms with van der Waals surface area (Å²) in [4.78, 5) is 13.6. The van der Waals surface area contributed by atoms with Crippen molar-refractivity contribution in [3.8, 4) is 0 Å². The molecule has 0 radical (unpaired) electrons. The second-order valence-corrected chi connectivity index (χ2v) is 7.52. The van der Waals surface area contributed by atoms with E-state index in [-0.39, 0.29) is 5.41 Å². The van der Waals surface area contributed by atoms with Crippen LogP contribution in [0.2, 0.25) is 0 Å². The van der Waals surface area contributed by atoms with Gasteiger partial charge in [0, 0.05) is 11.0 Å². The number of Topliss-reactive ketones (excluding diaryl/α,β-unsaturated/α-hetero) is 1. The summed E-state index contributed by atoms with van der Waals surface area (Å²) in [6.07, 6.45) is 5.15. The number of hydrogen-bond acceptors (Lipinski definition) is 1. The predicted octanol–water partition coefficient (Wildman–Crippen LogP) is 6.83. The molecular weight excluding hydrogens is 292 g/mol. The van der Waals surface area contributed by atoms with Gasteiger partial charge in [-0.05, 0) is 41.5 Å². The van der Waals surface area contributed by atoms with Crippen molar-refractivity contribution >= 4 is 16.6 Å². The Bertz CT molecular complexity index is 700. The molecule has 0 N–H and O–H groups in total. The highest BCUT2D eigenvalue weighted by atomic mass is 16.1. The fraction of sp³-hybridized carbons (Fsp3) is 0.522. The van der Waals surface area contributed by atoms with Crippen LogP contribution in [0.1, 0.15) is 76.2 Å². The Morgan fingerprint density at radius 1 is 1.08 bits per heavy atom. The van der Waals surface area contributed by atoms with Gasteiger partial charge in [-0.3, -0.25) is 4.79 Å². The number of carbonyl (C=O) groups is 1. The molecule has 2 aromatic rings. The smallest absolute Gasteiger partial charge is 0.169 e. The van der Waals surface area contributed by atoms with Gasteiger partial charge < -0.3 is 0 Å². The van der Waals surface area contributed by atoms with E-state index in [9.17, 15) is 4.79 Å². The second-order valence-electron chi connectivity index (χ2n) is 7.52. The maximum absolute atomic E-state index is 13.6. The van der Waals surface area contributed by atoms with E-state index in [0.29, 0.717) is 11.7 Å². The molecule has 1 heteroatoms. The van der Waals surface area contributed by atoms with Crippen LogP contribution in [0.15, 0.2) is 36.4 Å². The average molecular weight is 325 g/mol. The molecule has 0 spiro atoms. The van der Waals surface area contributed by atoms with Gasteiger partial charge in [0.2, 0.25) is 0 Å². The molecule has 130 valence electrons. The largest absolute Gasteiger partial charge is 0.294 e. The predicted molar refractivity (Wildman–Crippen MR) is 105 cm³/mol. The molecule has 0 saturated carbocycles. The van der Waals surface area contributed by atoms with Gasteiger partial charge in [-0.15, -0.1) is 0 Å². The van der Waals surface area contributed by atoms with Crippen molar-refractivity contribution in [2.45, 2.75) is 66.7 Å². The summed E-state index contributed by atoms with van der Waals surface area (Å²) < 4.78 is 0. The molecule has 0 fully saturated rings. The average Bonchev–Trinajstić information content (AvgIpc) is 2.60. The van der Waals surface area contributed by atoms with Crippen LogP contribution in [0.5, 0.6) is 0 Å². The SMILES string of the molecule is CCCC(C)CC(C)(CC)C(=O)c1c(CC)ccc2ccccc12. The zero-order valence-electron chi connectivity index (χ0n) is 16.0. The number of carbonyl (C=O) groups excluding carboxylic acids is 1. The lowest BCUT2D eigenvalue weighted by Crippen LogP contribution is -2.30. The summed E-state index contributed by atoms with van der Waals surface area (Å²) in [7, 11) is 0. The van der Waals surface area contributed by atoms with E-state index in [1.807, 2.05) is 12.1 Å². The zero-order valence-corrected chi connectivity index (χ0v) is 16.0. The Labute approximate surface area is 147 Å². The van der Waals surface area contributed by atoms with Crippen LogP contribution in [-0.4, -0.2) is 5.78 Å². The lowest BCUT2D eigenvalue weighted by Gasteiger charge is -2.31. The molecule has 0 aliphatic heterocycles. The third-order valence-corrected chi connectivity index (χ3v) is 5.53. The second kappa shape index (κ2) is 7.96. The molecule has 0 amide bonds. The van der Waals surface area contributed by atoms with Crippen LogP contribution in [0.3, 0.4) is 0 Å². The van der Waals surface area contributed by atoms with Crippen molar-refractivity contribution in [1.82, 2.24) is 0 Å². The maximum atomic E-state index is 13.6. The Morgan fingerprint density at radius 2 is 1.79 bits per heavy atom. The highest BCUT2D eigenvalue weighted by molar-refractivity contribution is 6.11. The summed E-state index contributed by atoms with van der Waals surface area (Å²) >= 11 is 0. The molecule has 0 aromatic heterocycles. The first-order valence-electron chi connectivity index (χ1n) is 9.52. The van der Waals surface area contributed by atoms with Crippen LogP contribution >= 0.6 is 0 Å². The number of fused-ring (bicyclic) bond motifs is 1. The fourth-order valence-corrected chi connectivity index (χ4v) is 3.94. The number of ketones is 1. The Hall–Kier alpha value is -1.63. The lowest BCUT2D eigenvalue weighted by molar-refractivity contribution is 0.0767. The topological polar surface area (TPSA) is 17.1 Å². The van der Waals surface area contributed by atoms with Gasteiger partial charge in [0.1, 0.15) is 0 Å². The van der Waals surface area contributed by atoms with Crippen molar-refractivity contribution < 1.29 is 4.79 Å². The fourth-order valence-electron chi connectivity index (χ4n) is 3.94. The van der Waals surface area contributed by atoms with Gasteiger partial charge in [-0.2, -0.15) is 0 Å². The van der Waals surface area contributed by atoms with E-state index in [4.69, 9.17) is 0 Å². The van der Waals surface area contributed by atoms with Crippen molar-refractivity contribution in [2.24, 2.45) is 11.3 Å². The molecule has 2 unspecified atom stereocenters. The minimum absolute atomic E-state index is 0.275. The molecule has 0 saturated heterocycles. The number of rotatable bonds is 8. The quantitative estimate of drug-likeness (QED) is 0.486. The van der Waals surface area contributed by atoms with Gasteiger partial charge in [-0.25, -0.2) is 0 Å². The van der Waals surface area contributed by atoms with Gasteiger partial charge in [0.25, 0.3) is 0 Å². The third kappa shape index (κ3) is 3.71. The molecule has 24 heavy (non-hydrogen) atoms. The van der Waals surface area contributed by atoms with Crippen LogP contribution in [-0.2, 0) is 6.42 Å². The monoisotopic (exact) mass is 324 g/mol. The van der Waals surface area contributed by atoms with Crippen LogP contribution in [0.4, 0.5) is 0 Å². The molecule has 2 aromatic carbocycles. The molecule has 0 heterocycles. The van der Waals surface area contributed by atoms with E-state index < -0.39 is 0 Å². The third-order valence-electron chi connectivity index (χ3n) is 5.53. The summed E-state index contributed by atoms with van der Waals surface area (Å²) in [6, 6.07) is 12.6. The molecule has 0 bridgehead atoms. The summed E-state index contributed by atoms with van der Waals surface area (Å²) in [5.41, 5.74) is 1.87. The van der Waals surface area contributed by atoms with E-state index >= 15 is 0 Å². The van der Waals surface area contributed by atoms with E-state index in [1.165, 1.54) is 18.4 Å². The van der Waals surface area contributed by atoms with Crippen molar-refractivity contribution in [1.29, 1.82) is 0 Å². The van der Waals surface area contributed by atoms with Crippen molar-refractivity contribution in [2.75, 3.05) is 0 Å². The molecule has 0 aliphatic rings. The van der Waals surface area contributed by atoms with Gasteiger partial charge >= 0.3 is 0 Å². The molecule has 0 aliphatic carbocycles. The normalized spacial score (nSPS) is 15.2. The van der Waals surface area contributed by atoms with E-state index in [2.05, 4.69) is 58.9 Å². The Morgan fingerprint density at radius 3 is 2.42 bits per heavy atom. The standard InChI is InChI=1S/C23H32O/c1-6-11-17(4)16-23(5,8-3)22(24)21-18(7-2)14-15-19-12-9-10-13-20(19)21/h9-10,12-15,17H,6-8,11,16H2,1-5H3. The van der Waals surface area contributed by atoms with Gasteiger partial charge in [0.15, 0.2) is 5.78 Å². The number of aryl methyl sites for hydroxylation is 1. The van der Waals surface area contributed by atoms with Crippen LogP contribution < -0.4 is 0 Å². The number of hydrogen-bond donors (Lipinski definition) is 0. The van der Waals surface area contributed by atoms with Gasteiger partial charge in [-0.1, -0.05) is 83.9 Å². The summed E-state index contributed by atoms with van der Waals surface area (Å²) in [5, 5.41) is 2.28. The van der Waals surface area contributed by atoms with Crippen molar-refractivity contribution in [3.63, 3.8) is 0 Å².